The molecule has 1 unspecified atom stereocenters. The highest BCUT2D eigenvalue weighted by Gasteiger charge is 2.53. The zero-order chi connectivity index (χ0) is 34.0. The van der Waals surface area contributed by atoms with Crippen molar-refractivity contribution in [1.82, 2.24) is 14.7 Å². The molecule has 2 aromatic carbocycles. The number of fused-ring (bicyclic) bond motifs is 1. The van der Waals surface area contributed by atoms with E-state index < -0.39 is 29.5 Å². The zero-order valence-electron chi connectivity index (χ0n) is 26.9. The van der Waals surface area contributed by atoms with Gasteiger partial charge in [-0.05, 0) is 56.2 Å². The number of thiophene rings is 1. The largest absolute Gasteiger partial charge is 0.481 e. The fraction of sp³-hybridized carbons (Fsp3) is 0.486. The fourth-order valence-corrected chi connectivity index (χ4v) is 8.40. The van der Waals surface area contributed by atoms with Crippen LogP contribution in [0.2, 0.25) is 5.02 Å². The van der Waals surface area contributed by atoms with Crippen molar-refractivity contribution in [3.05, 3.63) is 63.7 Å². The van der Waals surface area contributed by atoms with Gasteiger partial charge in [0.25, 0.3) is 5.91 Å². The average Bonchev–Trinajstić information content (AvgIpc) is 3.78. The number of hydrogen-bond acceptors (Lipinski definition) is 8. The number of carbonyl (C=O) groups excluding carboxylic acids is 3. The number of amides is 2. The topological polar surface area (TPSA) is 119 Å². The minimum absolute atomic E-state index is 0.0447. The SMILES string of the molecule is CC(=O)N1CCN(C(OC2CCC(C(=O)O)CC2)(C(=O)Cc2ccc(NC(=O)c3csc4ccccc34)c(Cl)c2F)N2CCCC2)CC1. The number of carbonyl (C=O) groups is 4. The number of rotatable bonds is 10. The third kappa shape index (κ3) is 6.86. The summed E-state index contributed by atoms with van der Waals surface area (Å²) in [7, 11) is 0. The van der Waals surface area contributed by atoms with Gasteiger partial charge in [-0.15, -0.1) is 11.3 Å². The number of anilines is 1. The first-order valence-electron chi connectivity index (χ1n) is 16.5. The van der Waals surface area contributed by atoms with Crippen molar-refractivity contribution in [2.45, 2.75) is 63.8 Å². The number of benzene rings is 2. The second-order valence-corrected chi connectivity index (χ2v) is 14.1. The van der Waals surface area contributed by atoms with E-state index in [1.165, 1.54) is 30.4 Å². The van der Waals surface area contributed by atoms with E-state index in [1.54, 1.807) is 10.3 Å². The van der Waals surface area contributed by atoms with Gasteiger partial charge < -0.3 is 20.1 Å². The highest BCUT2D eigenvalue weighted by molar-refractivity contribution is 7.17. The molecule has 2 N–H and O–H groups in total. The number of ether oxygens (including phenoxy) is 1. The summed E-state index contributed by atoms with van der Waals surface area (Å²) in [4.78, 5) is 57.4. The molecule has 1 aromatic heterocycles. The molecule has 13 heteroatoms. The summed E-state index contributed by atoms with van der Waals surface area (Å²) in [5.74, 6) is -4.40. The lowest BCUT2D eigenvalue weighted by atomic mass is 9.87. The minimum atomic E-state index is -1.52. The van der Waals surface area contributed by atoms with Crippen molar-refractivity contribution >= 4 is 62.3 Å². The van der Waals surface area contributed by atoms with E-state index in [0.29, 0.717) is 70.5 Å². The van der Waals surface area contributed by atoms with Gasteiger partial charge in [0.15, 0.2) is 5.78 Å². The lowest BCUT2D eigenvalue weighted by Gasteiger charge is -2.52. The van der Waals surface area contributed by atoms with Crippen molar-refractivity contribution in [3.63, 3.8) is 0 Å². The van der Waals surface area contributed by atoms with Gasteiger partial charge in [-0.25, -0.2) is 4.39 Å². The molecule has 3 aromatic rings. The van der Waals surface area contributed by atoms with Crippen LogP contribution in [-0.2, 0) is 25.5 Å². The Balaban J connectivity index is 1.27. The lowest BCUT2D eigenvalue weighted by Crippen LogP contribution is -2.71. The van der Waals surface area contributed by atoms with Crippen LogP contribution < -0.4 is 5.32 Å². The van der Waals surface area contributed by atoms with Gasteiger partial charge in [0.2, 0.25) is 11.8 Å². The number of halogens is 2. The van der Waals surface area contributed by atoms with Crippen LogP contribution in [0.3, 0.4) is 0 Å². The number of carboxylic acids is 1. The van der Waals surface area contributed by atoms with E-state index in [0.717, 1.165) is 22.9 Å². The van der Waals surface area contributed by atoms with Gasteiger partial charge in [-0.2, -0.15) is 0 Å². The molecule has 3 fully saturated rings. The van der Waals surface area contributed by atoms with E-state index in [9.17, 15) is 24.3 Å². The van der Waals surface area contributed by atoms with Crippen LogP contribution in [0.5, 0.6) is 0 Å². The maximum absolute atomic E-state index is 16.0. The zero-order valence-corrected chi connectivity index (χ0v) is 28.5. The first-order chi connectivity index (χ1) is 23.1. The standard InChI is InChI=1S/C35H40ClFN4O6S/c1-22(42)39-16-18-41(19-17-39)35(40-14-4-5-15-40,47-25-11-8-23(9-12-25)34(45)46)30(43)20-24-10-13-28(31(36)32(24)37)38-33(44)27-21-48-29-7-3-2-6-26(27)29/h2-3,6-7,10,13,21,23,25H,4-5,8-9,11-12,14-20H2,1H3,(H,38,44)(H,45,46). The molecule has 3 aliphatic rings. The Morgan fingerprint density at radius 1 is 0.979 bits per heavy atom. The molecule has 6 rings (SSSR count). The summed E-state index contributed by atoms with van der Waals surface area (Å²) in [5, 5.41) is 14.5. The number of likely N-dealkylation sites (tertiary alicyclic amines) is 1. The molecular weight excluding hydrogens is 659 g/mol. The third-order valence-corrected chi connectivity index (χ3v) is 11.2. The Morgan fingerprint density at radius 3 is 2.31 bits per heavy atom. The average molecular weight is 699 g/mol. The van der Waals surface area contributed by atoms with Crippen molar-refractivity contribution < 1.29 is 33.4 Å². The summed E-state index contributed by atoms with van der Waals surface area (Å²) >= 11 is 7.94. The predicted molar refractivity (Wildman–Crippen MR) is 182 cm³/mol. The highest BCUT2D eigenvalue weighted by Crippen LogP contribution is 2.37. The highest BCUT2D eigenvalue weighted by atomic mass is 35.5. The number of piperazine rings is 1. The first kappa shape index (κ1) is 34.4. The van der Waals surface area contributed by atoms with Crippen LogP contribution >= 0.6 is 22.9 Å². The monoisotopic (exact) mass is 698 g/mol. The van der Waals surface area contributed by atoms with Crippen LogP contribution in [0.1, 0.15) is 61.4 Å². The summed E-state index contributed by atoms with van der Waals surface area (Å²) in [6.45, 7) is 4.34. The predicted octanol–water partition coefficient (Wildman–Crippen LogP) is 5.63. The van der Waals surface area contributed by atoms with E-state index in [4.69, 9.17) is 16.3 Å². The third-order valence-electron chi connectivity index (χ3n) is 9.89. The molecule has 1 aliphatic carbocycles. The number of nitrogens with one attached hydrogen (secondary N) is 1. The van der Waals surface area contributed by atoms with Crippen molar-refractivity contribution in [3.8, 4) is 0 Å². The molecule has 48 heavy (non-hydrogen) atoms. The maximum atomic E-state index is 16.0. The van der Waals surface area contributed by atoms with Gasteiger partial charge >= 0.3 is 5.97 Å². The summed E-state index contributed by atoms with van der Waals surface area (Å²) < 4.78 is 23.8. The molecule has 256 valence electrons. The summed E-state index contributed by atoms with van der Waals surface area (Å²) in [6.07, 6.45) is 2.92. The van der Waals surface area contributed by atoms with Crippen LogP contribution in [0.4, 0.5) is 10.1 Å². The normalized spacial score (nSPS) is 22.0. The van der Waals surface area contributed by atoms with Crippen molar-refractivity contribution in [2.75, 3.05) is 44.6 Å². The molecule has 0 bridgehead atoms. The molecule has 0 radical (unpaired) electrons. The molecule has 2 aliphatic heterocycles. The number of ketones is 1. The number of Topliss-reactive ketones (excluding diaryl/α,β-unsaturated/α-hetero) is 1. The van der Waals surface area contributed by atoms with Gasteiger partial charge in [0.05, 0.1) is 23.3 Å². The molecular formula is C35H40ClFN4O6S. The quantitative estimate of drug-likeness (QED) is 0.280. The van der Waals surface area contributed by atoms with Crippen molar-refractivity contribution in [1.29, 1.82) is 0 Å². The molecule has 3 heterocycles. The summed E-state index contributed by atoms with van der Waals surface area (Å²) in [6, 6.07) is 10.5. The molecule has 1 atom stereocenters. The van der Waals surface area contributed by atoms with Crippen LogP contribution in [0, 0.1) is 11.7 Å². The Hall–Kier alpha value is -3.42. The van der Waals surface area contributed by atoms with Crippen LogP contribution in [-0.4, -0.2) is 94.6 Å². The second-order valence-electron chi connectivity index (χ2n) is 12.8. The van der Waals surface area contributed by atoms with E-state index in [1.807, 2.05) is 34.1 Å². The van der Waals surface area contributed by atoms with E-state index >= 15 is 4.39 Å². The summed E-state index contributed by atoms with van der Waals surface area (Å²) in [5.41, 5.74) is 0.637. The Kier molecular flexibility index (Phi) is 10.5. The van der Waals surface area contributed by atoms with Gasteiger partial charge in [0.1, 0.15) is 10.8 Å². The maximum Gasteiger partial charge on any atom is 0.306 e. The number of hydrogen-bond donors (Lipinski definition) is 2. The van der Waals surface area contributed by atoms with Crippen LogP contribution in [0.25, 0.3) is 10.1 Å². The number of carboxylic acid groups (broad SMARTS) is 1. The van der Waals surface area contributed by atoms with Gasteiger partial charge in [-0.3, -0.25) is 29.0 Å². The number of aliphatic carboxylic acids is 1. The molecule has 1 saturated carbocycles. The lowest BCUT2D eigenvalue weighted by molar-refractivity contribution is -0.260. The Bertz CT molecular complexity index is 1700. The molecule has 2 amide bonds. The number of nitrogens with zero attached hydrogens (tertiary/aromatic N) is 3. The van der Waals surface area contributed by atoms with Crippen molar-refractivity contribution in [2.24, 2.45) is 5.92 Å². The molecule has 10 nitrogen and oxygen atoms in total. The van der Waals surface area contributed by atoms with Gasteiger partial charge in [-0.1, -0.05) is 35.9 Å². The minimum Gasteiger partial charge on any atom is -0.481 e. The second kappa shape index (κ2) is 14.6. The van der Waals surface area contributed by atoms with E-state index in [-0.39, 0.29) is 40.5 Å². The van der Waals surface area contributed by atoms with E-state index in [2.05, 4.69) is 5.32 Å². The smallest absolute Gasteiger partial charge is 0.306 e. The Labute approximate surface area is 287 Å². The molecule has 2 saturated heterocycles. The Morgan fingerprint density at radius 2 is 1.65 bits per heavy atom. The fourth-order valence-electron chi connectivity index (χ4n) is 7.23. The first-order valence-corrected chi connectivity index (χ1v) is 17.8. The van der Waals surface area contributed by atoms with Crippen LogP contribution in [0.15, 0.2) is 41.8 Å². The van der Waals surface area contributed by atoms with Gasteiger partial charge in [0, 0.05) is 68.1 Å². The molecule has 0 spiro atoms.